The molecule has 2 heterocycles. The van der Waals surface area contributed by atoms with Crippen LogP contribution < -0.4 is 0 Å². The van der Waals surface area contributed by atoms with Gasteiger partial charge in [0.15, 0.2) is 0 Å². The van der Waals surface area contributed by atoms with Crippen LogP contribution >= 0.6 is 22.7 Å². The van der Waals surface area contributed by atoms with Gasteiger partial charge in [0.1, 0.15) is 0 Å². The van der Waals surface area contributed by atoms with Crippen LogP contribution in [0.1, 0.15) is 34.7 Å². The van der Waals surface area contributed by atoms with Gasteiger partial charge in [0.05, 0.1) is 6.61 Å². The summed E-state index contributed by atoms with van der Waals surface area (Å²) in [6, 6.07) is 6.87. The van der Waals surface area contributed by atoms with Gasteiger partial charge in [-0.05, 0) is 31.5 Å². The number of aliphatic hydroxyl groups is 1. The summed E-state index contributed by atoms with van der Waals surface area (Å²) in [5.41, 5.74) is 1.05. The molecule has 106 valence electrons. The zero-order valence-corrected chi connectivity index (χ0v) is 13.4. The second-order valence-corrected chi connectivity index (χ2v) is 6.66. The zero-order valence-electron chi connectivity index (χ0n) is 11.8. The molecule has 1 unspecified atom stereocenters. The first-order valence-corrected chi connectivity index (χ1v) is 8.37. The van der Waals surface area contributed by atoms with Gasteiger partial charge in [-0.1, -0.05) is 17.9 Å². The second-order valence-electron chi connectivity index (χ2n) is 4.68. The van der Waals surface area contributed by atoms with Crippen molar-refractivity contribution in [1.82, 2.24) is 4.90 Å². The van der Waals surface area contributed by atoms with Crippen LogP contribution in [-0.4, -0.2) is 23.7 Å². The van der Waals surface area contributed by atoms with Gasteiger partial charge in [0, 0.05) is 39.7 Å². The van der Waals surface area contributed by atoms with Gasteiger partial charge in [0.25, 0.3) is 0 Å². The summed E-state index contributed by atoms with van der Waals surface area (Å²) in [7, 11) is 2.15. The maximum Gasteiger partial charge on any atom is 0.0540 e. The maximum atomic E-state index is 8.71. The van der Waals surface area contributed by atoms with Crippen molar-refractivity contribution in [3.8, 4) is 11.8 Å². The Morgan fingerprint density at radius 2 is 2.25 bits per heavy atom. The van der Waals surface area contributed by atoms with E-state index in [9.17, 15) is 0 Å². The summed E-state index contributed by atoms with van der Waals surface area (Å²) in [6.07, 6.45) is 0.542. The van der Waals surface area contributed by atoms with E-state index in [0.29, 0.717) is 12.5 Å². The van der Waals surface area contributed by atoms with Crippen LogP contribution in [-0.2, 0) is 6.54 Å². The minimum atomic E-state index is 0.130. The first-order valence-electron chi connectivity index (χ1n) is 6.61. The van der Waals surface area contributed by atoms with Crippen LogP contribution in [0, 0.1) is 11.8 Å². The van der Waals surface area contributed by atoms with Crippen LogP contribution in [0.25, 0.3) is 0 Å². The summed E-state index contributed by atoms with van der Waals surface area (Å²) >= 11 is 3.55. The normalized spacial score (nSPS) is 12.2. The van der Waals surface area contributed by atoms with Gasteiger partial charge in [-0.15, -0.1) is 22.7 Å². The molecule has 20 heavy (non-hydrogen) atoms. The molecule has 0 aliphatic carbocycles. The van der Waals surface area contributed by atoms with Crippen molar-refractivity contribution in [1.29, 1.82) is 0 Å². The van der Waals surface area contributed by atoms with E-state index in [1.807, 2.05) is 0 Å². The summed E-state index contributed by atoms with van der Waals surface area (Å²) < 4.78 is 0. The number of rotatable bonds is 5. The third-order valence-electron chi connectivity index (χ3n) is 3.14. The fourth-order valence-electron chi connectivity index (χ4n) is 1.88. The van der Waals surface area contributed by atoms with E-state index in [1.54, 1.807) is 22.7 Å². The lowest BCUT2D eigenvalue weighted by Crippen LogP contribution is -2.20. The van der Waals surface area contributed by atoms with Crippen molar-refractivity contribution in [3.63, 3.8) is 0 Å². The average molecular weight is 305 g/mol. The van der Waals surface area contributed by atoms with Crippen molar-refractivity contribution in [2.45, 2.75) is 25.9 Å². The highest BCUT2D eigenvalue weighted by Crippen LogP contribution is 2.26. The van der Waals surface area contributed by atoms with E-state index >= 15 is 0 Å². The lowest BCUT2D eigenvalue weighted by molar-refractivity contribution is 0.259. The quantitative estimate of drug-likeness (QED) is 0.851. The largest absolute Gasteiger partial charge is 0.395 e. The van der Waals surface area contributed by atoms with Crippen molar-refractivity contribution >= 4 is 22.7 Å². The van der Waals surface area contributed by atoms with Gasteiger partial charge in [-0.25, -0.2) is 0 Å². The molecule has 0 aliphatic rings. The Bertz CT molecular complexity index is 577. The summed E-state index contributed by atoms with van der Waals surface area (Å²) in [5, 5.41) is 12.9. The number of thiophene rings is 2. The van der Waals surface area contributed by atoms with E-state index in [0.717, 1.165) is 12.1 Å². The van der Waals surface area contributed by atoms with Crippen molar-refractivity contribution < 1.29 is 5.11 Å². The van der Waals surface area contributed by atoms with Crippen molar-refractivity contribution in [2.75, 3.05) is 13.7 Å². The first kappa shape index (κ1) is 15.3. The third kappa shape index (κ3) is 4.19. The molecule has 0 saturated heterocycles. The molecule has 0 spiro atoms. The van der Waals surface area contributed by atoms with E-state index < -0.39 is 0 Å². The fourth-order valence-corrected chi connectivity index (χ4v) is 3.61. The Morgan fingerprint density at radius 1 is 1.40 bits per heavy atom. The highest BCUT2D eigenvalue weighted by Gasteiger charge is 2.13. The minimum Gasteiger partial charge on any atom is -0.395 e. The molecule has 2 nitrogen and oxygen atoms in total. The van der Waals surface area contributed by atoms with E-state index in [-0.39, 0.29) is 6.61 Å². The Morgan fingerprint density at radius 3 is 2.95 bits per heavy atom. The topological polar surface area (TPSA) is 23.5 Å². The monoisotopic (exact) mass is 305 g/mol. The molecule has 0 saturated carbocycles. The van der Waals surface area contributed by atoms with Gasteiger partial charge in [0.2, 0.25) is 0 Å². The molecule has 0 radical (unpaired) electrons. The van der Waals surface area contributed by atoms with Gasteiger partial charge in [-0.3, -0.25) is 4.90 Å². The van der Waals surface area contributed by atoms with E-state index in [2.05, 4.69) is 59.7 Å². The molecule has 0 amide bonds. The highest BCUT2D eigenvalue weighted by molar-refractivity contribution is 7.10. The predicted octanol–water partition coefficient (Wildman–Crippen LogP) is 3.74. The predicted molar refractivity (Wildman–Crippen MR) is 87.1 cm³/mol. The second kappa shape index (κ2) is 7.61. The molecule has 2 aromatic heterocycles. The first-order chi connectivity index (χ1) is 9.70. The highest BCUT2D eigenvalue weighted by atomic mass is 32.1. The van der Waals surface area contributed by atoms with Crippen LogP contribution in [0.15, 0.2) is 29.0 Å². The fraction of sp³-hybridized carbons (Fsp3) is 0.375. The van der Waals surface area contributed by atoms with Crippen LogP contribution in [0.5, 0.6) is 0 Å². The lowest BCUT2D eigenvalue weighted by Gasteiger charge is -2.22. The Balaban J connectivity index is 1.95. The Hall–Kier alpha value is -1.12. The molecule has 0 bridgehead atoms. The Kier molecular flexibility index (Phi) is 5.81. The number of aliphatic hydroxyl groups excluding tert-OH is 1. The van der Waals surface area contributed by atoms with Crippen LogP contribution in [0.3, 0.4) is 0 Å². The smallest absolute Gasteiger partial charge is 0.0540 e. The zero-order chi connectivity index (χ0) is 14.4. The molecule has 1 atom stereocenters. The van der Waals surface area contributed by atoms with Gasteiger partial charge < -0.3 is 5.11 Å². The maximum absolute atomic E-state index is 8.71. The molecule has 2 aromatic rings. The third-order valence-corrected chi connectivity index (χ3v) is 5.11. The summed E-state index contributed by atoms with van der Waals surface area (Å²) in [6.45, 7) is 3.30. The molecule has 0 fully saturated rings. The Labute approximate surface area is 128 Å². The van der Waals surface area contributed by atoms with Crippen molar-refractivity contribution in [3.05, 3.63) is 44.3 Å². The van der Waals surface area contributed by atoms with Gasteiger partial charge in [-0.2, -0.15) is 0 Å². The lowest BCUT2D eigenvalue weighted by atomic mass is 10.2. The molecular formula is C16H19NOS2. The molecule has 4 heteroatoms. The van der Waals surface area contributed by atoms with Crippen LogP contribution in [0.2, 0.25) is 0 Å². The number of nitrogens with zero attached hydrogens (tertiary/aromatic N) is 1. The van der Waals surface area contributed by atoms with Crippen LogP contribution in [0.4, 0.5) is 0 Å². The molecule has 1 N–H and O–H groups in total. The standard InChI is InChI=1S/C16H19NOS2/c1-13(16-7-5-9-19-16)17(2)11-15-10-14(12-20-15)6-3-4-8-18/h5,7,9-10,12-13,18H,4,8,11H2,1-2H3. The molecule has 2 rings (SSSR count). The minimum absolute atomic E-state index is 0.130. The molecule has 0 aromatic carbocycles. The summed E-state index contributed by atoms with van der Waals surface area (Å²) in [5.74, 6) is 6.04. The molecular weight excluding hydrogens is 286 g/mol. The van der Waals surface area contributed by atoms with E-state index in [4.69, 9.17) is 5.11 Å². The number of hydrogen-bond donors (Lipinski definition) is 1. The molecule has 0 aliphatic heterocycles. The average Bonchev–Trinajstić information content (AvgIpc) is 3.09. The SMILES string of the molecule is CC(c1cccs1)N(C)Cc1cc(C#CCCO)cs1. The van der Waals surface area contributed by atoms with Crippen molar-refractivity contribution in [2.24, 2.45) is 0 Å². The van der Waals surface area contributed by atoms with Gasteiger partial charge >= 0.3 is 0 Å². The number of hydrogen-bond acceptors (Lipinski definition) is 4. The summed E-state index contributed by atoms with van der Waals surface area (Å²) in [4.78, 5) is 5.07. The van der Waals surface area contributed by atoms with E-state index in [1.165, 1.54) is 9.75 Å².